The Labute approximate surface area is 98.3 Å². The number of aliphatic hydroxyl groups excluding tert-OH is 1. The second-order valence-corrected chi connectivity index (χ2v) is 4.43. The summed E-state index contributed by atoms with van der Waals surface area (Å²) in [5, 5.41) is 10.4. The molecule has 2 rings (SSSR count). The summed E-state index contributed by atoms with van der Waals surface area (Å²) in [5.74, 6) is 0.946. The molecule has 1 saturated heterocycles. The molecule has 0 aromatic carbocycles. The zero-order valence-electron chi connectivity index (χ0n) is 8.56. The first-order chi connectivity index (χ1) is 7.33. The van der Waals surface area contributed by atoms with Crippen LogP contribution in [0.3, 0.4) is 0 Å². The average molecular weight is 271 g/mol. The summed E-state index contributed by atoms with van der Waals surface area (Å²) in [6.07, 6.45) is 3.77. The number of anilines is 1. The van der Waals surface area contributed by atoms with E-state index >= 15 is 0 Å². The van der Waals surface area contributed by atoms with E-state index in [4.69, 9.17) is 0 Å². The smallest absolute Gasteiger partial charge is 0.134 e. The molecule has 1 aliphatic rings. The lowest BCUT2D eigenvalue weighted by Crippen LogP contribution is -2.21. The maximum absolute atomic E-state index is 9.86. The van der Waals surface area contributed by atoms with Crippen molar-refractivity contribution < 1.29 is 5.11 Å². The summed E-state index contributed by atoms with van der Waals surface area (Å²) in [5.41, 5.74) is 0.927. The van der Waals surface area contributed by atoms with Gasteiger partial charge in [-0.15, -0.1) is 0 Å². The molecule has 1 unspecified atom stereocenters. The number of pyridine rings is 1. The Balaban J connectivity index is 2.28. The van der Waals surface area contributed by atoms with Crippen LogP contribution in [0, 0.1) is 0 Å². The van der Waals surface area contributed by atoms with Crippen molar-refractivity contribution in [2.45, 2.75) is 18.9 Å². The zero-order chi connectivity index (χ0) is 10.7. The zero-order valence-corrected chi connectivity index (χ0v) is 10.2. The molecule has 1 aromatic rings. The van der Waals surface area contributed by atoms with Crippen LogP contribution in [-0.2, 0) is 0 Å². The van der Waals surface area contributed by atoms with Gasteiger partial charge >= 0.3 is 0 Å². The van der Waals surface area contributed by atoms with E-state index < -0.39 is 6.10 Å². The topological polar surface area (TPSA) is 36.4 Å². The summed E-state index contributed by atoms with van der Waals surface area (Å²) in [7, 11) is 0. The fraction of sp³-hybridized carbons (Fsp3) is 0.545. The van der Waals surface area contributed by atoms with Gasteiger partial charge in [0.1, 0.15) is 5.82 Å². The van der Waals surface area contributed by atoms with Crippen LogP contribution in [-0.4, -0.2) is 28.5 Å². The maximum Gasteiger partial charge on any atom is 0.134 e. The van der Waals surface area contributed by atoms with Gasteiger partial charge in [-0.1, -0.05) is 22.0 Å². The number of nitrogens with zero attached hydrogens (tertiary/aromatic N) is 2. The minimum atomic E-state index is -0.464. The minimum absolute atomic E-state index is 0.464. The molecule has 4 heteroatoms. The molecular weight excluding hydrogens is 256 g/mol. The van der Waals surface area contributed by atoms with E-state index in [9.17, 15) is 5.11 Å². The van der Waals surface area contributed by atoms with Gasteiger partial charge in [0.2, 0.25) is 0 Å². The van der Waals surface area contributed by atoms with Gasteiger partial charge in [-0.05, 0) is 18.9 Å². The normalized spacial score (nSPS) is 18.1. The van der Waals surface area contributed by atoms with Gasteiger partial charge in [0.15, 0.2) is 0 Å². The Hall–Kier alpha value is -0.610. The molecule has 1 aromatic heterocycles. The largest absolute Gasteiger partial charge is 0.387 e. The van der Waals surface area contributed by atoms with E-state index in [0.717, 1.165) is 24.5 Å². The van der Waals surface area contributed by atoms with Gasteiger partial charge in [-0.2, -0.15) is 0 Å². The molecule has 82 valence electrons. The molecule has 15 heavy (non-hydrogen) atoms. The molecule has 0 spiro atoms. The van der Waals surface area contributed by atoms with Crippen molar-refractivity contribution in [3.8, 4) is 0 Å². The highest BCUT2D eigenvalue weighted by atomic mass is 79.9. The van der Waals surface area contributed by atoms with E-state index in [1.807, 2.05) is 12.1 Å². The Morgan fingerprint density at radius 1 is 1.47 bits per heavy atom. The van der Waals surface area contributed by atoms with Gasteiger partial charge in [-0.25, -0.2) is 4.98 Å². The fourth-order valence-electron chi connectivity index (χ4n) is 1.95. The third-order valence-corrected chi connectivity index (χ3v) is 3.34. The third-order valence-electron chi connectivity index (χ3n) is 2.73. The standard InChI is InChI=1S/C11H15BrN2O/c12-8-10(15)9-4-3-5-13-11(9)14-6-1-2-7-14/h3-5,10,15H,1-2,6-8H2. The van der Waals surface area contributed by atoms with E-state index in [2.05, 4.69) is 25.8 Å². The molecule has 1 fully saturated rings. The number of aromatic nitrogens is 1. The van der Waals surface area contributed by atoms with Crippen LogP contribution in [0.1, 0.15) is 24.5 Å². The monoisotopic (exact) mass is 270 g/mol. The molecule has 0 saturated carbocycles. The minimum Gasteiger partial charge on any atom is -0.387 e. The second kappa shape index (κ2) is 4.94. The average Bonchev–Trinajstić information content (AvgIpc) is 2.81. The van der Waals surface area contributed by atoms with E-state index in [1.54, 1.807) is 6.20 Å². The third kappa shape index (κ3) is 2.32. The summed E-state index contributed by atoms with van der Waals surface area (Å²) in [6.45, 7) is 2.11. The number of halogens is 1. The number of alkyl halides is 1. The van der Waals surface area contributed by atoms with Crippen LogP contribution in [0.2, 0.25) is 0 Å². The van der Waals surface area contributed by atoms with E-state index in [0.29, 0.717) is 5.33 Å². The highest BCUT2D eigenvalue weighted by Gasteiger charge is 2.19. The van der Waals surface area contributed by atoms with Crippen molar-refractivity contribution in [1.82, 2.24) is 4.98 Å². The van der Waals surface area contributed by atoms with Crippen molar-refractivity contribution in [1.29, 1.82) is 0 Å². The van der Waals surface area contributed by atoms with Crippen LogP contribution >= 0.6 is 15.9 Å². The second-order valence-electron chi connectivity index (χ2n) is 3.78. The maximum atomic E-state index is 9.86. The van der Waals surface area contributed by atoms with E-state index in [-0.39, 0.29) is 0 Å². The number of rotatable bonds is 3. The first kappa shape index (κ1) is 10.9. The van der Waals surface area contributed by atoms with Crippen LogP contribution in [0.15, 0.2) is 18.3 Å². The number of aliphatic hydroxyl groups is 1. The van der Waals surface area contributed by atoms with Crippen LogP contribution in [0.5, 0.6) is 0 Å². The highest BCUT2D eigenvalue weighted by molar-refractivity contribution is 9.09. The lowest BCUT2D eigenvalue weighted by Gasteiger charge is -2.21. The van der Waals surface area contributed by atoms with Gasteiger partial charge in [-0.3, -0.25) is 0 Å². The highest BCUT2D eigenvalue weighted by Crippen LogP contribution is 2.27. The van der Waals surface area contributed by atoms with Crippen LogP contribution in [0.25, 0.3) is 0 Å². The van der Waals surface area contributed by atoms with E-state index in [1.165, 1.54) is 12.8 Å². The molecule has 3 nitrogen and oxygen atoms in total. The summed E-state index contributed by atoms with van der Waals surface area (Å²) >= 11 is 3.30. The van der Waals surface area contributed by atoms with Crippen molar-refractivity contribution in [2.24, 2.45) is 0 Å². The van der Waals surface area contributed by atoms with Crippen molar-refractivity contribution >= 4 is 21.7 Å². The van der Waals surface area contributed by atoms with Crippen LogP contribution in [0.4, 0.5) is 5.82 Å². The molecule has 0 aliphatic carbocycles. The lowest BCUT2D eigenvalue weighted by molar-refractivity contribution is 0.205. The first-order valence-electron chi connectivity index (χ1n) is 5.27. The summed E-state index contributed by atoms with van der Waals surface area (Å²) in [6, 6.07) is 3.83. The Bertz CT molecular complexity index is 326. The quantitative estimate of drug-likeness (QED) is 0.855. The van der Waals surface area contributed by atoms with Crippen molar-refractivity contribution in [2.75, 3.05) is 23.3 Å². The molecule has 1 N–H and O–H groups in total. The van der Waals surface area contributed by atoms with Gasteiger partial charge in [0, 0.05) is 30.2 Å². The molecule has 0 amide bonds. The predicted octanol–water partition coefficient (Wildman–Crippen LogP) is 2.11. The summed E-state index contributed by atoms with van der Waals surface area (Å²) < 4.78 is 0. The molecule has 1 atom stereocenters. The molecule has 0 bridgehead atoms. The fourth-order valence-corrected chi connectivity index (χ4v) is 2.29. The van der Waals surface area contributed by atoms with Crippen LogP contribution < -0.4 is 4.90 Å². The Kier molecular flexibility index (Phi) is 3.59. The first-order valence-corrected chi connectivity index (χ1v) is 6.39. The van der Waals surface area contributed by atoms with Crippen molar-refractivity contribution in [3.05, 3.63) is 23.9 Å². The Morgan fingerprint density at radius 2 is 2.20 bits per heavy atom. The van der Waals surface area contributed by atoms with Gasteiger partial charge < -0.3 is 10.0 Å². The predicted molar refractivity (Wildman–Crippen MR) is 64.4 cm³/mol. The molecule has 0 radical (unpaired) electrons. The van der Waals surface area contributed by atoms with Crippen molar-refractivity contribution in [3.63, 3.8) is 0 Å². The Morgan fingerprint density at radius 3 is 2.87 bits per heavy atom. The molecule has 2 heterocycles. The van der Waals surface area contributed by atoms with Gasteiger partial charge in [0.05, 0.1) is 6.10 Å². The van der Waals surface area contributed by atoms with Gasteiger partial charge in [0.25, 0.3) is 0 Å². The number of hydrogen-bond donors (Lipinski definition) is 1. The SMILES string of the molecule is OC(CBr)c1cccnc1N1CCCC1. The lowest BCUT2D eigenvalue weighted by atomic mass is 10.1. The molecular formula is C11H15BrN2O. The summed E-state index contributed by atoms with van der Waals surface area (Å²) in [4.78, 5) is 6.63. The number of hydrogen-bond acceptors (Lipinski definition) is 3. The molecule has 1 aliphatic heterocycles.